The van der Waals surface area contributed by atoms with Crippen LogP contribution >= 0.6 is 15.9 Å². The van der Waals surface area contributed by atoms with Gasteiger partial charge in [-0.3, -0.25) is 4.79 Å². The first kappa shape index (κ1) is 15.2. The van der Waals surface area contributed by atoms with Crippen LogP contribution in [-0.2, 0) is 0 Å². The van der Waals surface area contributed by atoms with E-state index in [-0.39, 0.29) is 18.1 Å². The number of carbonyl (C=O) groups excluding carboxylic acids is 1. The van der Waals surface area contributed by atoms with Gasteiger partial charge in [0.2, 0.25) is 0 Å². The van der Waals surface area contributed by atoms with Crippen molar-refractivity contribution in [2.24, 2.45) is 0 Å². The first-order chi connectivity index (χ1) is 8.41. The standard InChI is InChI=1S/C14H20BrNO2/c1-4-14(3,7-8-17)16-13(18)12-6-5-11(15)9-10(12)2/h5-6,9,17H,4,7-8H2,1-3H3,(H,16,18). The van der Waals surface area contributed by atoms with Gasteiger partial charge in [0, 0.05) is 22.2 Å². The number of aliphatic hydroxyl groups excluding tert-OH is 1. The molecule has 1 unspecified atom stereocenters. The smallest absolute Gasteiger partial charge is 0.251 e. The molecule has 1 aromatic carbocycles. The van der Waals surface area contributed by atoms with Gasteiger partial charge in [0.15, 0.2) is 0 Å². The van der Waals surface area contributed by atoms with E-state index < -0.39 is 0 Å². The van der Waals surface area contributed by atoms with Crippen molar-refractivity contribution in [3.8, 4) is 0 Å². The monoisotopic (exact) mass is 313 g/mol. The zero-order chi connectivity index (χ0) is 13.8. The van der Waals surface area contributed by atoms with Crippen LogP contribution in [0.15, 0.2) is 22.7 Å². The van der Waals surface area contributed by atoms with Crippen molar-refractivity contribution in [3.05, 3.63) is 33.8 Å². The Labute approximate surface area is 117 Å². The van der Waals surface area contributed by atoms with Gasteiger partial charge in [0.1, 0.15) is 0 Å². The summed E-state index contributed by atoms with van der Waals surface area (Å²) in [6, 6.07) is 5.59. The summed E-state index contributed by atoms with van der Waals surface area (Å²) < 4.78 is 0.963. The van der Waals surface area contributed by atoms with E-state index in [1.54, 1.807) is 0 Å². The number of aliphatic hydroxyl groups is 1. The summed E-state index contributed by atoms with van der Waals surface area (Å²) in [5.41, 5.74) is 1.26. The molecule has 0 heterocycles. The zero-order valence-corrected chi connectivity index (χ0v) is 12.7. The van der Waals surface area contributed by atoms with E-state index in [0.29, 0.717) is 12.0 Å². The van der Waals surface area contributed by atoms with E-state index in [1.165, 1.54) is 0 Å². The first-order valence-corrected chi connectivity index (χ1v) is 6.90. The maximum Gasteiger partial charge on any atom is 0.251 e. The topological polar surface area (TPSA) is 49.3 Å². The fourth-order valence-electron chi connectivity index (χ4n) is 1.80. The Morgan fingerprint density at radius 3 is 2.67 bits per heavy atom. The van der Waals surface area contributed by atoms with Crippen molar-refractivity contribution < 1.29 is 9.90 Å². The maximum absolute atomic E-state index is 12.2. The third-order valence-corrected chi connectivity index (χ3v) is 3.79. The number of hydrogen-bond donors (Lipinski definition) is 2. The summed E-state index contributed by atoms with van der Waals surface area (Å²) in [4.78, 5) is 12.2. The minimum absolute atomic E-state index is 0.0734. The fraction of sp³-hybridized carbons (Fsp3) is 0.500. The highest BCUT2D eigenvalue weighted by molar-refractivity contribution is 9.10. The molecule has 2 N–H and O–H groups in total. The third-order valence-electron chi connectivity index (χ3n) is 3.29. The Bertz CT molecular complexity index is 434. The molecule has 0 saturated heterocycles. The van der Waals surface area contributed by atoms with E-state index in [0.717, 1.165) is 16.5 Å². The highest BCUT2D eigenvalue weighted by Crippen LogP contribution is 2.19. The molecule has 1 aromatic rings. The summed E-state index contributed by atoms with van der Waals surface area (Å²) >= 11 is 3.38. The van der Waals surface area contributed by atoms with Gasteiger partial charge in [0.05, 0.1) is 0 Å². The molecule has 0 fully saturated rings. The molecule has 0 radical (unpaired) electrons. The molecule has 1 amide bonds. The lowest BCUT2D eigenvalue weighted by Crippen LogP contribution is -2.46. The van der Waals surface area contributed by atoms with Crippen LogP contribution in [-0.4, -0.2) is 23.2 Å². The van der Waals surface area contributed by atoms with Crippen molar-refractivity contribution in [1.29, 1.82) is 0 Å². The van der Waals surface area contributed by atoms with Crippen LogP contribution in [0.3, 0.4) is 0 Å². The highest BCUT2D eigenvalue weighted by atomic mass is 79.9. The van der Waals surface area contributed by atoms with E-state index >= 15 is 0 Å². The number of rotatable bonds is 5. The molecule has 18 heavy (non-hydrogen) atoms. The quantitative estimate of drug-likeness (QED) is 0.877. The molecule has 0 aromatic heterocycles. The number of halogens is 1. The number of hydrogen-bond acceptors (Lipinski definition) is 2. The van der Waals surface area contributed by atoms with Gasteiger partial charge < -0.3 is 10.4 Å². The molecule has 0 saturated carbocycles. The molecule has 1 atom stereocenters. The van der Waals surface area contributed by atoms with Gasteiger partial charge in [-0.1, -0.05) is 22.9 Å². The van der Waals surface area contributed by atoms with Crippen molar-refractivity contribution >= 4 is 21.8 Å². The average Bonchev–Trinajstić information content (AvgIpc) is 2.28. The Hall–Kier alpha value is -0.870. The SMILES string of the molecule is CCC(C)(CCO)NC(=O)c1ccc(Br)cc1C. The molecular weight excluding hydrogens is 294 g/mol. The lowest BCUT2D eigenvalue weighted by molar-refractivity contribution is 0.0885. The van der Waals surface area contributed by atoms with Gasteiger partial charge in [-0.25, -0.2) is 0 Å². The average molecular weight is 314 g/mol. The van der Waals surface area contributed by atoms with Crippen molar-refractivity contribution in [2.75, 3.05) is 6.61 Å². The molecule has 3 nitrogen and oxygen atoms in total. The Kier molecular flexibility index (Phi) is 5.35. The van der Waals surface area contributed by atoms with Crippen LogP contribution in [0, 0.1) is 6.92 Å². The van der Waals surface area contributed by atoms with E-state index in [9.17, 15) is 4.79 Å². The lowest BCUT2D eigenvalue weighted by Gasteiger charge is -2.29. The van der Waals surface area contributed by atoms with Crippen molar-refractivity contribution in [2.45, 2.75) is 39.2 Å². The maximum atomic E-state index is 12.2. The Morgan fingerprint density at radius 1 is 1.50 bits per heavy atom. The van der Waals surface area contributed by atoms with Gasteiger partial charge >= 0.3 is 0 Å². The molecule has 0 spiro atoms. The van der Waals surface area contributed by atoms with Crippen LogP contribution in [0.25, 0.3) is 0 Å². The van der Waals surface area contributed by atoms with Crippen LogP contribution < -0.4 is 5.32 Å². The second kappa shape index (κ2) is 6.34. The number of nitrogens with one attached hydrogen (secondary N) is 1. The highest BCUT2D eigenvalue weighted by Gasteiger charge is 2.24. The summed E-state index contributed by atoms with van der Waals surface area (Å²) in [5.74, 6) is -0.0854. The summed E-state index contributed by atoms with van der Waals surface area (Å²) in [6.45, 7) is 5.94. The van der Waals surface area contributed by atoms with Crippen LogP contribution in [0.2, 0.25) is 0 Å². The molecule has 0 aliphatic carbocycles. The zero-order valence-electron chi connectivity index (χ0n) is 11.1. The Balaban J connectivity index is 2.87. The van der Waals surface area contributed by atoms with Gasteiger partial charge in [-0.05, 0) is 50.5 Å². The minimum Gasteiger partial charge on any atom is -0.396 e. The number of amides is 1. The molecular formula is C14H20BrNO2. The van der Waals surface area contributed by atoms with Crippen molar-refractivity contribution in [1.82, 2.24) is 5.32 Å². The summed E-state index contributed by atoms with van der Waals surface area (Å²) in [5, 5.41) is 12.1. The van der Waals surface area contributed by atoms with Gasteiger partial charge in [-0.15, -0.1) is 0 Å². The Morgan fingerprint density at radius 2 is 2.17 bits per heavy atom. The van der Waals surface area contributed by atoms with Crippen LogP contribution in [0.1, 0.15) is 42.6 Å². The van der Waals surface area contributed by atoms with Crippen molar-refractivity contribution in [3.63, 3.8) is 0 Å². The van der Waals surface area contributed by atoms with E-state index in [4.69, 9.17) is 5.11 Å². The molecule has 0 bridgehead atoms. The molecule has 0 aliphatic rings. The molecule has 1 rings (SSSR count). The minimum atomic E-state index is -0.356. The number of aryl methyl sites for hydroxylation is 1. The summed E-state index contributed by atoms with van der Waals surface area (Å²) in [7, 11) is 0. The van der Waals surface area contributed by atoms with Crippen LogP contribution in [0.5, 0.6) is 0 Å². The third kappa shape index (κ3) is 3.82. The predicted octanol–water partition coefficient (Wildman–Crippen LogP) is 3.04. The van der Waals surface area contributed by atoms with E-state index in [2.05, 4.69) is 21.2 Å². The number of carbonyl (C=O) groups is 1. The molecule has 0 aliphatic heterocycles. The van der Waals surface area contributed by atoms with Gasteiger partial charge in [0.25, 0.3) is 5.91 Å². The molecule has 4 heteroatoms. The predicted molar refractivity (Wildman–Crippen MR) is 76.7 cm³/mol. The second-order valence-corrected chi connectivity index (χ2v) is 5.72. The summed E-state index contributed by atoms with van der Waals surface area (Å²) in [6.07, 6.45) is 1.35. The largest absolute Gasteiger partial charge is 0.396 e. The molecule has 100 valence electrons. The fourth-order valence-corrected chi connectivity index (χ4v) is 2.27. The van der Waals surface area contributed by atoms with Crippen LogP contribution in [0.4, 0.5) is 0 Å². The normalized spacial score (nSPS) is 14.1. The first-order valence-electron chi connectivity index (χ1n) is 6.11. The van der Waals surface area contributed by atoms with E-state index in [1.807, 2.05) is 39.0 Å². The lowest BCUT2D eigenvalue weighted by atomic mass is 9.94. The van der Waals surface area contributed by atoms with Gasteiger partial charge in [-0.2, -0.15) is 0 Å². The second-order valence-electron chi connectivity index (χ2n) is 4.80. The number of benzene rings is 1.